The summed E-state index contributed by atoms with van der Waals surface area (Å²) in [6, 6.07) is 6.53. The lowest BCUT2D eigenvalue weighted by molar-refractivity contribution is 0.0244. The molecule has 6 heteroatoms. The first-order valence-electron chi connectivity index (χ1n) is 6.14. The Kier molecular flexibility index (Phi) is 4.16. The summed E-state index contributed by atoms with van der Waals surface area (Å²) in [6.07, 6.45) is -0.376. The van der Waals surface area contributed by atoms with Gasteiger partial charge in [-0.05, 0) is 23.9 Å². The maximum absolute atomic E-state index is 11.8. The van der Waals surface area contributed by atoms with Gasteiger partial charge in [0.05, 0.1) is 12.6 Å². The Morgan fingerprint density at radius 2 is 2.00 bits per heavy atom. The van der Waals surface area contributed by atoms with Gasteiger partial charge in [-0.15, -0.1) is 0 Å². The van der Waals surface area contributed by atoms with Gasteiger partial charge in [0.15, 0.2) is 5.78 Å². The lowest BCUT2D eigenvalue weighted by Crippen LogP contribution is -2.21. The zero-order chi connectivity index (χ0) is 13.8. The number of hydrogen-bond donors (Lipinski definition) is 2. The first-order valence-corrected chi connectivity index (χ1v) is 6.14. The molecule has 0 amide bonds. The zero-order valence-electron chi connectivity index (χ0n) is 10.3. The lowest BCUT2D eigenvalue weighted by atomic mass is 10.0. The van der Waals surface area contributed by atoms with Crippen molar-refractivity contribution < 1.29 is 15.0 Å². The highest BCUT2D eigenvalue weighted by atomic mass is 16.3. The fraction of sp³-hybridized carbons (Fsp3) is 0.462. The third-order valence-electron chi connectivity index (χ3n) is 3.18. The fourth-order valence-corrected chi connectivity index (χ4v) is 1.87. The second-order valence-corrected chi connectivity index (χ2v) is 4.69. The quantitative estimate of drug-likeness (QED) is 0.354. The molecular formula is C13H15N3O3. The topological polar surface area (TPSA) is 106 Å². The molecule has 2 rings (SSSR count). The number of aliphatic hydroxyl groups is 2. The molecule has 2 atom stereocenters. The van der Waals surface area contributed by atoms with E-state index < -0.39 is 12.2 Å². The second kappa shape index (κ2) is 5.84. The number of benzene rings is 1. The molecule has 2 unspecified atom stereocenters. The minimum absolute atomic E-state index is 0.135. The number of ketones is 1. The SMILES string of the molecule is [N-]=[N+]=NCC(O)C(O)c1ccc(C(=O)C2CC2)cc1. The van der Waals surface area contributed by atoms with Gasteiger partial charge in [0, 0.05) is 16.4 Å². The Morgan fingerprint density at radius 3 is 2.53 bits per heavy atom. The third-order valence-corrected chi connectivity index (χ3v) is 3.18. The van der Waals surface area contributed by atoms with Crippen molar-refractivity contribution in [1.29, 1.82) is 0 Å². The molecule has 1 aromatic rings. The number of hydrogen-bond acceptors (Lipinski definition) is 4. The number of aliphatic hydroxyl groups excluding tert-OH is 2. The van der Waals surface area contributed by atoms with Crippen molar-refractivity contribution in [3.63, 3.8) is 0 Å². The van der Waals surface area contributed by atoms with E-state index in [1.807, 2.05) is 0 Å². The molecule has 0 heterocycles. The summed E-state index contributed by atoms with van der Waals surface area (Å²) in [4.78, 5) is 14.3. The van der Waals surface area contributed by atoms with Crippen molar-refractivity contribution in [1.82, 2.24) is 0 Å². The molecule has 1 aliphatic carbocycles. The van der Waals surface area contributed by atoms with Crippen LogP contribution < -0.4 is 0 Å². The molecular weight excluding hydrogens is 246 g/mol. The predicted octanol–water partition coefficient (Wildman–Crippen LogP) is 1.98. The van der Waals surface area contributed by atoms with Gasteiger partial charge in [-0.2, -0.15) is 0 Å². The predicted molar refractivity (Wildman–Crippen MR) is 68.5 cm³/mol. The van der Waals surface area contributed by atoms with Crippen LogP contribution in [0.1, 0.15) is 34.9 Å². The molecule has 1 aliphatic rings. The molecule has 2 N–H and O–H groups in total. The van der Waals surface area contributed by atoms with Crippen molar-refractivity contribution in [2.45, 2.75) is 25.0 Å². The molecule has 6 nitrogen and oxygen atoms in total. The van der Waals surface area contributed by atoms with Crippen molar-refractivity contribution in [3.05, 3.63) is 45.8 Å². The molecule has 0 aliphatic heterocycles. The number of Topliss-reactive ketones (excluding diaryl/α,β-unsaturated/α-hetero) is 1. The summed E-state index contributed by atoms with van der Waals surface area (Å²) in [5.74, 6) is 0.294. The maximum Gasteiger partial charge on any atom is 0.165 e. The van der Waals surface area contributed by atoms with Gasteiger partial charge in [-0.3, -0.25) is 4.79 Å². The van der Waals surface area contributed by atoms with Crippen molar-refractivity contribution in [2.75, 3.05) is 6.54 Å². The Bertz CT molecular complexity index is 504. The first-order chi connectivity index (χ1) is 9.13. The largest absolute Gasteiger partial charge is 0.390 e. The van der Waals surface area contributed by atoms with Gasteiger partial charge < -0.3 is 10.2 Å². The summed E-state index contributed by atoms with van der Waals surface area (Å²) in [6.45, 7) is -0.194. The average Bonchev–Trinajstić information content (AvgIpc) is 3.28. The summed E-state index contributed by atoms with van der Waals surface area (Å²) in [5.41, 5.74) is 9.27. The van der Waals surface area contributed by atoms with Crippen LogP contribution in [0, 0.1) is 5.92 Å². The highest BCUT2D eigenvalue weighted by Crippen LogP contribution is 2.32. The summed E-state index contributed by atoms with van der Waals surface area (Å²) in [5, 5.41) is 22.7. The lowest BCUT2D eigenvalue weighted by Gasteiger charge is -2.16. The number of nitrogens with zero attached hydrogens (tertiary/aromatic N) is 3. The van der Waals surface area contributed by atoms with Crippen molar-refractivity contribution in [3.8, 4) is 0 Å². The van der Waals surface area contributed by atoms with Crippen LogP contribution in [-0.2, 0) is 0 Å². The summed E-state index contributed by atoms with van der Waals surface area (Å²) >= 11 is 0. The first kappa shape index (κ1) is 13.5. The smallest absolute Gasteiger partial charge is 0.165 e. The van der Waals surface area contributed by atoms with E-state index in [4.69, 9.17) is 5.53 Å². The number of rotatable bonds is 6. The molecule has 0 saturated heterocycles. The Labute approximate surface area is 110 Å². The van der Waals surface area contributed by atoms with Crippen molar-refractivity contribution in [2.24, 2.45) is 11.0 Å². The number of carbonyl (C=O) groups excluding carboxylic acids is 1. The van der Waals surface area contributed by atoms with E-state index in [1.165, 1.54) is 0 Å². The normalized spacial score (nSPS) is 17.4. The van der Waals surface area contributed by atoms with Gasteiger partial charge in [0.2, 0.25) is 0 Å². The zero-order valence-corrected chi connectivity index (χ0v) is 10.3. The Hall–Kier alpha value is -1.88. The summed E-state index contributed by atoms with van der Waals surface area (Å²) in [7, 11) is 0. The van der Waals surface area contributed by atoms with Gasteiger partial charge in [0.1, 0.15) is 6.10 Å². The standard InChI is InChI=1S/C13H15N3O3/c14-16-15-7-11(17)13(19)10-5-3-9(4-6-10)12(18)8-1-2-8/h3-6,8,11,13,17,19H,1-2,7H2. The molecule has 1 fully saturated rings. The van der Waals surface area contributed by atoms with Gasteiger partial charge in [-0.25, -0.2) is 0 Å². The van der Waals surface area contributed by atoms with E-state index in [0.29, 0.717) is 11.1 Å². The summed E-state index contributed by atoms with van der Waals surface area (Å²) < 4.78 is 0. The van der Waals surface area contributed by atoms with E-state index in [2.05, 4.69) is 10.0 Å². The average molecular weight is 261 g/mol. The van der Waals surface area contributed by atoms with E-state index >= 15 is 0 Å². The van der Waals surface area contributed by atoms with Crippen LogP contribution in [0.25, 0.3) is 10.4 Å². The van der Waals surface area contributed by atoms with Crippen LogP contribution in [0.5, 0.6) is 0 Å². The van der Waals surface area contributed by atoms with Crippen LogP contribution in [-0.4, -0.2) is 28.6 Å². The molecule has 0 spiro atoms. The molecule has 0 radical (unpaired) electrons. The van der Waals surface area contributed by atoms with E-state index in [9.17, 15) is 15.0 Å². The van der Waals surface area contributed by atoms with E-state index in [-0.39, 0.29) is 18.2 Å². The molecule has 100 valence electrons. The van der Waals surface area contributed by atoms with E-state index in [0.717, 1.165) is 12.8 Å². The minimum atomic E-state index is -1.15. The molecule has 19 heavy (non-hydrogen) atoms. The molecule has 0 bridgehead atoms. The maximum atomic E-state index is 11.8. The molecule has 1 saturated carbocycles. The Balaban J connectivity index is 2.04. The second-order valence-electron chi connectivity index (χ2n) is 4.69. The van der Waals surface area contributed by atoms with Crippen LogP contribution >= 0.6 is 0 Å². The van der Waals surface area contributed by atoms with Gasteiger partial charge in [0.25, 0.3) is 0 Å². The van der Waals surface area contributed by atoms with Crippen LogP contribution in [0.3, 0.4) is 0 Å². The molecule has 0 aromatic heterocycles. The highest BCUT2D eigenvalue weighted by molar-refractivity contribution is 5.99. The third kappa shape index (κ3) is 3.32. The highest BCUT2D eigenvalue weighted by Gasteiger charge is 2.30. The number of azide groups is 1. The Morgan fingerprint density at radius 1 is 1.37 bits per heavy atom. The van der Waals surface area contributed by atoms with Gasteiger partial charge in [-0.1, -0.05) is 29.4 Å². The van der Waals surface area contributed by atoms with Crippen LogP contribution in [0.15, 0.2) is 29.4 Å². The molecule has 1 aromatic carbocycles. The van der Waals surface area contributed by atoms with Gasteiger partial charge >= 0.3 is 0 Å². The monoisotopic (exact) mass is 261 g/mol. The van der Waals surface area contributed by atoms with Crippen LogP contribution in [0.2, 0.25) is 0 Å². The number of carbonyl (C=O) groups is 1. The van der Waals surface area contributed by atoms with Crippen LogP contribution in [0.4, 0.5) is 0 Å². The van der Waals surface area contributed by atoms with Crippen molar-refractivity contribution >= 4 is 5.78 Å². The minimum Gasteiger partial charge on any atom is -0.390 e. The fourth-order valence-electron chi connectivity index (χ4n) is 1.87. The van der Waals surface area contributed by atoms with E-state index in [1.54, 1.807) is 24.3 Å².